The Bertz CT molecular complexity index is 274. The van der Waals surface area contributed by atoms with Gasteiger partial charge in [-0.25, -0.2) is 4.79 Å². The summed E-state index contributed by atoms with van der Waals surface area (Å²) in [5, 5.41) is 6.49. The van der Waals surface area contributed by atoms with E-state index in [-0.39, 0.29) is 6.09 Å². The highest BCUT2D eigenvalue weighted by molar-refractivity contribution is 5.67. The molecule has 3 atom stereocenters. The molecule has 4 nitrogen and oxygen atoms in total. The Morgan fingerprint density at radius 3 is 2.41 bits per heavy atom. The third-order valence-electron chi connectivity index (χ3n) is 3.50. The highest BCUT2D eigenvalue weighted by atomic mass is 16.6. The van der Waals surface area contributed by atoms with E-state index in [1.165, 1.54) is 25.7 Å². The van der Waals surface area contributed by atoms with Crippen LogP contribution in [-0.4, -0.2) is 30.3 Å². The molecule has 98 valence electrons. The van der Waals surface area contributed by atoms with Crippen molar-refractivity contribution < 1.29 is 9.53 Å². The standard InChI is InChI=1S/C13H24N2O2/c1-13(2,3)17-12(16)14-8-9-6-10-4-5-11(7-9)15-10/h9-11,15H,4-8H2,1-3H3,(H,14,16)/t9-,10-,11+. The topological polar surface area (TPSA) is 50.4 Å². The zero-order valence-electron chi connectivity index (χ0n) is 11.1. The van der Waals surface area contributed by atoms with Gasteiger partial charge in [-0.1, -0.05) is 0 Å². The van der Waals surface area contributed by atoms with Crippen molar-refractivity contribution in [2.45, 2.75) is 64.1 Å². The lowest BCUT2D eigenvalue weighted by Gasteiger charge is -2.29. The number of nitrogens with one attached hydrogen (secondary N) is 2. The molecule has 2 heterocycles. The van der Waals surface area contributed by atoms with E-state index in [1.807, 2.05) is 20.8 Å². The summed E-state index contributed by atoms with van der Waals surface area (Å²) in [4.78, 5) is 11.5. The number of hydrogen-bond acceptors (Lipinski definition) is 3. The molecule has 0 saturated carbocycles. The monoisotopic (exact) mass is 240 g/mol. The molecule has 2 bridgehead atoms. The molecule has 2 fully saturated rings. The van der Waals surface area contributed by atoms with Crippen molar-refractivity contribution in [2.75, 3.05) is 6.54 Å². The van der Waals surface area contributed by atoms with E-state index in [0.29, 0.717) is 18.0 Å². The first-order valence-electron chi connectivity index (χ1n) is 6.65. The Kier molecular flexibility index (Phi) is 3.61. The average Bonchev–Trinajstić information content (AvgIpc) is 2.53. The summed E-state index contributed by atoms with van der Waals surface area (Å²) >= 11 is 0. The van der Waals surface area contributed by atoms with E-state index >= 15 is 0 Å². The van der Waals surface area contributed by atoms with Crippen molar-refractivity contribution in [3.8, 4) is 0 Å². The Morgan fingerprint density at radius 1 is 1.29 bits per heavy atom. The van der Waals surface area contributed by atoms with Crippen LogP contribution in [0.3, 0.4) is 0 Å². The number of rotatable bonds is 2. The van der Waals surface area contributed by atoms with E-state index in [2.05, 4.69) is 10.6 Å². The molecule has 2 aliphatic rings. The number of fused-ring (bicyclic) bond motifs is 2. The molecule has 0 unspecified atom stereocenters. The van der Waals surface area contributed by atoms with E-state index in [0.717, 1.165) is 6.54 Å². The highest BCUT2D eigenvalue weighted by Gasteiger charge is 2.33. The van der Waals surface area contributed by atoms with Crippen molar-refractivity contribution in [2.24, 2.45) is 5.92 Å². The molecule has 0 aromatic carbocycles. The third-order valence-corrected chi connectivity index (χ3v) is 3.50. The van der Waals surface area contributed by atoms with E-state index < -0.39 is 5.60 Å². The van der Waals surface area contributed by atoms with E-state index in [1.54, 1.807) is 0 Å². The van der Waals surface area contributed by atoms with Crippen molar-refractivity contribution in [3.63, 3.8) is 0 Å². The molecule has 2 rings (SSSR count). The summed E-state index contributed by atoms with van der Waals surface area (Å²) in [7, 11) is 0. The summed E-state index contributed by atoms with van der Waals surface area (Å²) in [6.45, 7) is 6.41. The molecule has 4 heteroatoms. The van der Waals surface area contributed by atoms with Crippen LogP contribution in [0, 0.1) is 5.92 Å². The molecular weight excluding hydrogens is 216 g/mol. The number of amides is 1. The Labute approximate surface area is 103 Å². The Hall–Kier alpha value is -0.770. The van der Waals surface area contributed by atoms with Crippen LogP contribution < -0.4 is 10.6 Å². The maximum atomic E-state index is 11.5. The quantitative estimate of drug-likeness (QED) is 0.776. The number of hydrogen-bond donors (Lipinski definition) is 2. The second kappa shape index (κ2) is 4.84. The summed E-state index contributed by atoms with van der Waals surface area (Å²) in [6, 6.07) is 1.36. The van der Waals surface area contributed by atoms with Crippen LogP contribution in [-0.2, 0) is 4.74 Å². The Balaban J connectivity index is 1.70. The molecule has 0 radical (unpaired) electrons. The molecule has 0 aromatic rings. The molecule has 0 aromatic heterocycles. The maximum absolute atomic E-state index is 11.5. The summed E-state index contributed by atoms with van der Waals surface area (Å²) in [5.74, 6) is 0.612. The zero-order valence-corrected chi connectivity index (χ0v) is 11.1. The van der Waals surface area contributed by atoms with Crippen LogP contribution in [0.5, 0.6) is 0 Å². The van der Waals surface area contributed by atoms with Crippen molar-refractivity contribution >= 4 is 6.09 Å². The van der Waals surface area contributed by atoms with E-state index in [9.17, 15) is 4.79 Å². The minimum Gasteiger partial charge on any atom is -0.444 e. The normalized spacial score (nSPS) is 32.3. The van der Waals surface area contributed by atoms with Gasteiger partial charge < -0.3 is 15.4 Å². The van der Waals surface area contributed by atoms with E-state index in [4.69, 9.17) is 4.74 Å². The molecule has 1 amide bonds. The predicted octanol–water partition coefficient (Wildman–Crippen LogP) is 2.04. The lowest BCUT2D eigenvalue weighted by molar-refractivity contribution is 0.0513. The van der Waals surface area contributed by atoms with Crippen LogP contribution in [0.2, 0.25) is 0 Å². The van der Waals surface area contributed by atoms with Crippen LogP contribution in [0.1, 0.15) is 46.5 Å². The maximum Gasteiger partial charge on any atom is 0.407 e. The second-order valence-electron chi connectivity index (χ2n) is 6.36. The fraction of sp³-hybridized carbons (Fsp3) is 0.923. The van der Waals surface area contributed by atoms with Crippen LogP contribution in [0.15, 0.2) is 0 Å². The molecule has 0 aliphatic carbocycles. The van der Waals surface area contributed by atoms with Crippen LogP contribution in [0.4, 0.5) is 4.79 Å². The van der Waals surface area contributed by atoms with Crippen molar-refractivity contribution in [3.05, 3.63) is 0 Å². The molecule has 2 N–H and O–H groups in total. The minimum absolute atomic E-state index is 0.289. The fourth-order valence-corrected chi connectivity index (χ4v) is 2.88. The van der Waals surface area contributed by atoms with Gasteiger partial charge in [0.25, 0.3) is 0 Å². The summed E-state index contributed by atoms with van der Waals surface area (Å²) in [5.41, 5.74) is -0.406. The van der Waals surface area contributed by atoms with Crippen LogP contribution >= 0.6 is 0 Å². The van der Waals surface area contributed by atoms with Gasteiger partial charge in [0.1, 0.15) is 5.60 Å². The molecular formula is C13H24N2O2. The first-order valence-corrected chi connectivity index (χ1v) is 6.65. The minimum atomic E-state index is -0.406. The highest BCUT2D eigenvalue weighted by Crippen LogP contribution is 2.30. The number of alkyl carbamates (subject to hydrolysis) is 1. The second-order valence-corrected chi connectivity index (χ2v) is 6.36. The third kappa shape index (κ3) is 3.87. The van der Waals surface area contributed by atoms with Crippen molar-refractivity contribution in [1.82, 2.24) is 10.6 Å². The molecule has 17 heavy (non-hydrogen) atoms. The van der Waals surface area contributed by atoms with Gasteiger partial charge in [0, 0.05) is 18.6 Å². The van der Waals surface area contributed by atoms with Gasteiger partial charge in [-0.05, 0) is 52.4 Å². The number of carbonyl (C=O) groups excluding carboxylic acids is 1. The number of piperidine rings is 1. The fourth-order valence-electron chi connectivity index (χ4n) is 2.88. The summed E-state index contributed by atoms with van der Waals surface area (Å²) in [6.07, 6.45) is 4.68. The smallest absolute Gasteiger partial charge is 0.407 e. The summed E-state index contributed by atoms with van der Waals surface area (Å²) < 4.78 is 5.23. The van der Waals surface area contributed by atoms with Gasteiger partial charge in [-0.15, -0.1) is 0 Å². The lowest BCUT2D eigenvalue weighted by atomic mass is 9.92. The van der Waals surface area contributed by atoms with Gasteiger partial charge in [-0.2, -0.15) is 0 Å². The van der Waals surface area contributed by atoms with Gasteiger partial charge in [0.05, 0.1) is 0 Å². The first-order chi connectivity index (χ1) is 7.92. The van der Waals surface area contributed by atoms with Gasteiger partial charge in [-0.3, -0.25) is 0 Å². The van der Waals surface area contributed by atoms with Gasteiger partial charge >= 0.3 is 6.09 Å². The SMILES string of the molecule is CC(C)(C)OC(=O)NC[C@@H]1C[C@H]2CC[C@@H](C1)N2. The molecule has 0 spiro atoms. The first kappa shape index (κ1) is 12.7. The molecule has 2 saturated heterocycles. The average molecular weight is 240 g/mol. The largest absolute Gasteiger partial charge is 0.444 e. The molecule has 2 aliphatic heterocycles. The Morgan fingerprint density at radius 2 is 1.88 bits per heavy atom. The van der Waals surface area contributed by atoms with Crippen LogP contribution in [0.25, 0.3) is 0 Å². The van der Waals surface area contributed by atoms with Gasteiger partial charge in [0.2, 0.25) is 0 Å². The lowest BCUT2D eigenvalue weighted by Crippen LogP contribution is -2.43. The van der Waals surface area contributed by atoms with Gasteiger partial charge in [0.15, 0.2) is 0 Å². The number of ether oxygens (including phenoxy) is 1. The van der Waals surface area contributed by atoms with Crippen molar-refractivity contribution in [1.29, 1.82) is 0 Å². The predicted molar refractivity (Wildman–Crippen MR) is 66.9 cm³/mol. The number of carbonyl (C=O) groups is 1. The zero-order chi connectivity index (χ0) is 12.5.